The SMILES string of the molecule is CCCC(=O)O[C@@H]1CC[C@@]2(C)C(CC[C@]3(C)C2CCC2[C@@H]4[C@H](C(C)C)CC[C@]4(C(=O)OCc4ccccc4)CC[C@]23C)C1(C)C. The van der Waals surface area contributed by atoms with Crippen molar-refractivity contribution in [3.05, 3.63) is 35.9 Å². The average molecular weight is 619 g/mol. The third-order valence-electron chi connectivity index (χ3n) is 15.6. The molecule has 10 atom stereocenters. The number of hydrogen-bond acceptors (Lipinski definition) is 4. The summed E-state index contributed by atoms with van der Waals surface area (Å²) in [6.07, 6.45) is 12.7. The van der Waals surface area contributed by atoms with Gasteiger partial charge < -0.3 is 9.47 Å². The summed E-state index contributed by atoms with van der Waals surface area (Å²) in [5.41, 5.74) is 1.42. The van der Waals surface area contributed by atoms with Crippen molar-refractivity contribution in [3.8, 4) is 0 Å². The van der Waals surface area contributed by atoms with Crippen LogP contribution in [0.2, 0.25) is 0 Å². The summed E-state index contributed by atoms with van der Waals surface area (Å²) in [7, 11) is 0. The minimum atomic E-state index is -0.333. The molecule has 0 aliphatic heterocycles. The first-order valence-electron chi connectivity index (χ1n) is 18.7. The van der Waals surface area contributed by atoms with Crippen LogP contribution in [0.5, 0.6) is 0 Å². The number of carbonyl (C=O) groups is 2. The molecule has 45 heavy (non-hydrogen) atoms. The monoisotopic (exact) mass is 618 g/mol. The molecule has 5 fully saturated rings. The van der Waals surface area contributed by atoms with E-state index in [1.165, 1.54) is 25.7 Å². The van der Waals surface area contributed by atoms with E-state index in [1.807, 2.05) is 18.2 Å². The van der Waals surface area contributed by atoms with Crippen LogP contribution in [0.25, 0.3) is 0 Å². The first-order chi connectivity index (χ1) is 21.2. The predicted molar refractivity (Wildman–Crippen MR) is 180 cm³/mol. The molecule has 0 heterocycles. The van der Waals surface area contributed by atoms with Gasteiger partial charge in [-0.3, -0.25) is 9.59 Å². The van der Waals surface area contributed by atoms with Crippen LogP contribution in [0, 0.1) is 62.6 Å². The number of rotatable bonds is 7. The Bertz CT molecular complexity index is 1250. The number of benzene rings is 1. The maximum atomic E-state index is 14.3. The smallest absolute Gasteiger partial charge is 0.312 e. The second-order valence-corrected chi connectivity index (χ2v) is 17.9. The number of carbonyl (C=O) groups excluding carboxylic acids is 2. The second-order valence-electron chi connectivity index (χ2n) is 17.9. The Kier molecular flexibility index (Phi) is 8.59. The first kappa shape index (κ1) is 33.1. The number of fused-ring (bicyclic) bond motifs is 7. The summed E-state index contributed by atoms with van der Waals surface area (Å²) >= 11 is 0. The van der Waals surface area contributed by atoms with Crippen molar-refractivity contribution in [3.63, 3.8) is 0 Å². The molecule has 1 aromatic carbocycles. The molecule has 0 saturated heterocycles. The Morgan fingerprint density at radius 3 is 2.24 bits per heavy atom. The Morgan fingerprint density at radius 2 is 1.56 bits per heavy atom. The fraction of sp³-hybridized carbons (Fsp3) is 0.805. The standard InChI is InChI=1S/C41H62O4/c1-9-13-34(42)45-33-20-21-38(6)31(37(33,4)5)19-22-40(8)32(38)17-16-30-35-29(27(2)3)18-23-41(35,25-24-39(30,40)7)36(43)44-26-28-14-11-10-12-15-28/h10-12,14-15,27,29-33,35H,9,13,16-26H2,1-8H3/t29-,30?,31?,32?,33+,35-,38-,39+,40+,41-/m0/s1. The van der Waals surface area contributed by atoms with E-state index in [-0.39, 0.29) is 45.1 Å². The molecule has 250 valence electrons. The van der Waals surface area contributed by atoms with Gasteiger partial charge in [-0.2, -0.15) is 0 Å². The van der Waals surface area contributed by atoms with E-state index in [4.69, 9.17) is 9.47 Å². The lowest BCUT2D eigenvalue weighted by atomic mass is 9.32. The zero-order valence-electron chi connectivity index (χ0n) is 29.8. The van der Waals surface area contributed by atoms with Gasteiger partial charge in [0.05, 0.1) is 5.41 Å². The van der Waals surface area contributed by atoms with Crippen LogP contribution in [0.3, 0.4) is 0 Å². The van der Waals surface area contributed by atoms with Crippen molar-refractivity contribution in [2.24, 2.45) is 62.6 Å². The Hall–Kier alpha value is -1.84. The Balaban J connectivity index is 1.28. The van der Waals surface area contributed by atoms with E-state index < -0.39 is 0 Å². The van der Waals surface area contributed by atoms with E-state index in [0.717, 1.165) is 50.5 Å². The van der Waals surface area contributed by atoms with Crippen LogP contribution in [0.4, 0.5) is 0 Å². The molecule has 0 N–H and O–H groups in total. The van der Waals surface area contributed by atoms with Gasteiger partial charge in [0.1, 0.15) is 12.7 Å². The molecule has 5 aliphatic rings. The van der Waals surface area contributed by atoms with Gasteiger partial charge in [0.2, 0.25) is 0 Å². The van der Waals surface area contributed by atoms with E-state index in [2.05, 4.69) is 67.5 Å². The van der Waals surface area contributed by atoms with Crippen molar-refractivity contribution < 1.29 is 19.1 Å². The molecular formula is C41H62O4. The molecule has 6 rings (SSSR count). The minimum Gasteiger partial charge on any atom is -0.462 e. The highest BCUT2D eigenvalue weighted by molar-refractivity contribution is 5.78. The fourth-order valence-electron chi connectivity index (χ4n) is 13.2. The molecule has 5 aliphatic carbocycles. The van der Waals surface area contributed by atoms with E-state index in [9.17, 15) is 9.59 Å². The molecule has 3 unspecified atom stereocenters. The Labute approximate surface area is 274 Å². The topological polar surface area (TPSA) is 52.6 Å². The summed E-state index contributed by atoms with van der Waals surface area (Å²) in [4.78, 5) is 26.9. The first-order valence-corrected chi connectivity index (χ1v) is 18.7. The average Bonchev–Trinajstić information content (AvgIpc) is 3.40. The van der Waals surface area contributed by atoms with Crippen LogP contribution >= 0.6 is 0 Å². The zero-order valence-corrected chi connectivity index (χ0v) is 29.8. The molecule has 0 bridgehead atoms. The molecule has 0 aromatic heterocycles. The molecule has 0 amide bonds. The van der Waals surface area contributed by atoms with Gasteiger partial charge >= 0.3 is 11.9 Å². The highest BCUT2D eigenvalue weighted by atomic mass is 16.5. The van der Waals surface area contributed by atoms with Gasteiger partial charge in [-0.1, -0.05) is 85.7 Å². The zero-order chi connectivity index (χ0) is 32.4. The fourth-order valence-corrected chi connectivity index (χ4v) is 13.2. The normalized spacial score (nSPS) is 43.4. The van der Waals surface area contributed by atoms with Crippen molar-refractivity contribution in [2.45, 2.75) is 145 Å². The summed E-state index contributed by atoms with van der Waals surface area (Å²) in [6, 6.07) is 10.2. The van der Waals surface area contributed by atoms with Crippen molar-refractivity contribution in [2.75, 3.05) is 0 Å². The molecule has 1 aromatic rings. The lowest BCUT2D eigenvalue weighted by molar-refractivity contribution is -0.252. The second kappa shape index (κ2) is 11.7. The highest BCUT2D eigenvalue weighted by Crippen LogP contribution is 2.77. The van der Waals surface area contributed by atoms with Gasteiger partial charge in [-0.05, 0) is 128 Å². The lowest BCUT2D eigenvalue weighted by Crippen LogP contribution is -2.67. The quantitative estimate of drug-likeness (QED) is 0.285. The molecule has 5 saturated carbocycles. The van der Waals surface area contributed by atoms with Crippen LogP contribution in [0.15, 0.2) is 30.3 Å². The van der Waals surface area contributed by atoms with Crippen LogP contribution < -0.4 is 0 Å². The number of ether oxygens (including phenoxy) is 2. The largest absolute Gasteiger partial charge is 0.462 e. The molecular weight excluding hydrogens is 556 g/mol. The van der Waals surface area contributed by atoms with E-state index >= 15 is 0 Å². The van der Waals surface area contributed by atoms with Crippen molar-refractivity contribution >= 4 is 11.9 Å². The number of hydrogen-bond donors (Lipinski definition) is 0. The van der Waals surface area contributed by atoms with Gasteiger partial charge in [0, 0.05) is 11.8 Å². The van der Waals surface area contributed by atoms with E-state index in [1.54, 1.807) is 0 Å². The minimum absolute atomic E-state index is 0.0166. The molecule has 4 nitrogen and oxygen atoms in total. The summed E-state index contributed by atoms with van der Waals surface area (Å²) < 4.78 is 12.4. The molecule has 0 spiro atoms. The van der Waals surface area contributed by atoms with Crippen molar-refractivity contribution in [1.29, 1.82) is 0 Å². The maximum Gasteiger partial charge on any atom is 0.312 e. The summed E-state index contributed by atoms with van der Waals surface area (Å²) in [6.45, 7) is 20.0. The molecule has 0 radical (unpaired) electrons. The molecule has 4 heteroatoms. The summed E-state index contributed by atoms with van der Waals surface area (Å²) in [5, 5.41) is 0. The van der Waals surface area contributed by atoms with Crippen molar-refractivity contribution in [1.82, 2.24) is 0 Å². The number of esters is 2. The van der Waals surface area contributed by atoms with Crippen LogP contribution in [-0.2, 0) is 25.7 Å². The predicted octanol–water partition coefficient (Wildman–Crippen LogP) is 10.2. The lowest BCUT2D eigenvalue weighted by Gasteiger charge is -2.72. The van der Waals surface area contributed by atoms with Gasteiger partial charge in [-0.25, -0.2) is 0 Å². The maximum absolute atomic E-state index is 14.3. The van der Waals surface area contributed by atoms with Crippen LogP contribution in [-0.4, -0.2) is 18.0 Å². The highest BCUT2D eigenvalue weighted by Gasteiger charge is 2.72. The third kappa shape index (κ3) is 4.95. The van der Waals surface area contributed by atoms with Gasteiger partial charge in [-0.15, -0.1) is 0 Å². The Morgan fingerprint density at radius 1 is 0.822 bits per heavy atom. The van der Waals surface area contributed by atoms with Gasteiger partial charge in [0.15, 0.2) is 0 Å². The third-order valence-corrected chi connectivity index (χ3v) is 15.6. The van der Waals surface area contributed by atoms with Gasteiger partial charge in [0.25, 0.3) is 0 Å². The van der Waals surface area contributed by atoms with E-state index in [0.29, 0.717) is 48.5 Å². The van der Waals surface area contributed by atoms with Crippen LogP contribution in [0.1, 0.15) is 138 Å². The summed E-state index contributed by atoms with van der Waals surface area (Å²) in [5.74, 6) is 3.41.